The maximum absolute atomic E-state index is 12.3. The van der Waals surface area contributed by atoms with Gasteiger partial charge in [-0.3, -0.25) is 4.79 Å². The van der Waals surface area contributed by atoms with Crippen LogP contribution < -0.4 is 24.2 Å². The molecule has 0 bridgehead atoms. The van der Waals surface area contributed by atoms with Crippen molar-refractivity contribution in [2.45, 2.75) is 44.7 Å². The van der Waals surface area contributed by atoms with Crippen molar-refractivity contribution < 1.29 is 27.4 Å². The van der Waals surface area contributed by atoms with Crippen LogP contribution in [0.1, 0.15) is 37.9 Å². The average molecular weight is 451 g/mol. The van der Waals surface area contributed by atoms with Crippen molar-refractivity contribution >= 4 is 15.9 Å². The van der Waals surface area contributed by atoms with Crippen LogP contribution in [0.15, 0.2) is 41.3 Å². The van der Waals surface area contributed by atoms with E-state index in [4.69, 9.17) is 14.2 Å². The van der Waals surface area contributed by atoms with E-state index in [1.807, 2.05) is 13.0 Å². The first-order valence-corrected chi connectivity index (χ1v) is 11.3. The van der Waals surface area contributed by atoms with Gasteiger partial charge in [0.15, 0.2) is 18.1 Å². The van der Waals surface area contributed by atoms with Crippen LogP contribution >= 0.6 is 0 Å². The van der Waals surface area contributed by atoms with E-state index in [2.05, 4.69) is 10.0 Å². The van der Waals surface area contributed by atoms with Gasteiger partial charge in [0, 0.05) is 6.04 Å². The molecule has 8 nitrogen and oxygen atoms in total. The first-order valence-electron chi connectivity index (χ1n) is 9.84. The quantitative estimate of drug-likeness (QED) is 0.577. The highest BCUT2D eigenvalue weighted by Crippen LogP contribution is 2.30. The zero-order valence-corrected chi connectivity index (χ0v) is 19.5. The van der Waals surface area contributed by atoms with E-state index in [0.29, 0.717) is 22.8 Å². The molecule has 0 radical (unpaired) electrons. The van der Waals surface area contributed by atoms with Crippen molar-refractivity contribution in [1.29, 1.82) is 0 Å². The number of amides is 1. The third-order valence-corrected chi connectivity index (χ3v) is 6.15. The minimum Gasteiger partial charge on any atom is -0.493 e. The molecule has 0 saturated heterocycles. The number of hydrogen-bond acceptors (Lipinski definition) is 6. The summed E-state index contributed by atoms with van der Waals surface area (Å²) in [6.07, 6.45) is 0. The first-order chi connectivity index (χ1) is 14.6. The Bertz CT molecular complexity index is 1020. The molecule has 0 aromatic heterocycles. The zero-order chi connectivity index (χ0) is 23.2. The summed E-state index contributed by atoms with van der Waals surface area (Å²) in [5, 5.41) is 2.87. The number of carbonyl (C=O) groups is 1. The number of methoxy groups -OCH3 is 2. The fraction of sp³-hybridized carbons (Fsp3) is 0.409. The molecule has 0 aliphatic rings. The highest BCUT2D eigenvalue weighted by atomic mass is 32.2. The van der Waals surface area contributed by atoms with Gasteiger partial charge in [0.2, 0.25) is 10.0 Å². The monoisotopic (exact) mass is 450 g/mol. The summed E-state index contributed by atoms with van der Waals surface area (Å²) in [6.45, 7) is 6.89. The van der Waals surface area contributed by atoms with Gasteiger partial charge in [-0.2, -0.15) is 0 Å². The zero-order valence-electron chi connectivity index (χ0n) is 18.7. The van der Waals surface area contributed by atoms with Crippen molar-refractivity contribution in [3.63, 3.8) is 0 Å². The predicted molar refractivity (Wildman–Crippen MR) is 118 cm³/mol. The lowest BCUT2D eigenvalue weighted by Gasteiger charge is -2.17. The maximum atomic E-state index is 12.3. The Balaban J connectivity index is 2.00. The summed E-state index contributed by atoms with van der Waals surface area (Å²) >= 11 is 0. The molecule has 0 saturated carbocycles. The van der Waals surface area contributed by atoms with Crippen LogP contribution in [-0.4, -0.2) is 41.2 Å². The summed E-state index contributed by atoms with van der Waals surface area (Å²) in [7, 11) is -0.479. The summed E-state index contributed by atoms with van der Waals surface area (Å²) in [6, 6.07) is 9.47. The van der Waals surface area contributed by atoms with E-state index in [-0.39, 0.29) is 29.5 Å². The van der Waals surface area contributed by atoms with Crippen LogP contribution in [0, 0.1) is 6.92 Å². The topological polar surface area (TPSA) is 103 Å². The Labute approximate surface area is 184 Å². The summed E-state index contributed by atoms with van der Waals surface area (Å²) in [4.78, 5) is 12.5. The molecule has 2 rings (SSSR count). The molecule has 0 aliphatic heterocycles. The molecule has 2 aromatic carbocycles. The molecule has 0 fully saturated rings. The molecule has 31 heavy (non-hydrogen) atoms. The van der Waals surface area contributed by atoms with E-state index in [0.717, 1.165) is 5.56 Å². The first kappa shape index (κ1) is 24.5. The second-order valence-electron chi connectivity index (χ2n) is 7.40. The molecule has 170 valence electrons. The van der Waals surface area contributed by atoms with Gasteiger partial charge >= 0.3 is 0 Å². The number of sulfonamides is 1. The molecule has 0 heterocycles. The number of aryl methyl sites for hydroxylation is 1. The highest BCUT2D eigenvalue weighted by molar-refractivity contribution is 7.89. The van der Waals surface area contributed by atoms with Crippen LogP contribution in [-0.2, 0) is 14.8 Å². The molecule has 1 amide bonds. The van der Waals surface area contributed by atoms with Crippen LogP contribution in [0.2, 0.25) is 0 Å². The SMILES string of the molecule is COc1ccc(C(C)NC(=O)COc2ccc(S(=O)(=O)NC(C)C)cc2C)cc1OC. The van der Waals surface area contributed by atoms with Gasteiger partial charge in [0.1, 0.15) is 5.75 Å². The molecule has 2 aromatic rings. The summed E-state index contributed by atoms with van der Waals surface area (Å²) in [5.74, 6) is 1.32. The van der Waals surface area contributed by atoms with Gasteiger partial charge in [0.05, 0.1) is 25.2 Å². The molecule has 2 N–H and O–H groups in total. The summed E-state index contributed by atoms with van der Waals surface area (Å²) in [5.41, 5.74) is 1.47. The van der Waals surface area contributed by atoms with Gasteiger partial charge in [-0.15, -0.1) is 0 Å². The number of rotatable bonds is 10. The molecular formula is C22H30N2O6S. The molecule has 1 atom stereocenters. The van der Waals surface area contributed by atoms with Crippen LogP contribution in [0.4, 0.5) is 0 Å². The van der Waals surface area contributed by atoms with E-state index in [1.54, 1.807) is 53.2 Å². The maximum Gasteiger partial charge on any atom is 0.258 e. The number of carbonyl (C=O) groups excluding carboxylic acids is 1. The van der Waals surface area contributed by atoms with Crippen LogP contribution in [0.5, 0.6) is 17.2 Å². The van der Waals surface area contributed by atoms with Gasteiger partial charge in [-0.25, -0.2) is 13.1 Å². The highest BCUT2D eigenvalue weighted by Gasteiger charge is 2.17. The molecule has 0 aliphatic carbocycles. The fourth-order valence-electron chi connectivity index (χ4n) is 2.96. The Kier molecular flexibility index (Phi) is 8.29. The second-order valence-corrected chi connectivity index (χ2v) is 9.11. The molecule has 9 heteroatoms. The molecular weight excluding hydrogens is 420 g/mol. The second kappa shape index (κ2) is 10.5. The Morgan fingerprint density at radius 3 is 2.19 bits per heavy atom. The number of hydrogen-bond donors (Lipinski definition) is 2. The molecule has 1 unspecified atom stereocenters. The minimum atomic E-state index is -3.59. The van der Waals surface area contributed by atoms with E-state index < -0.39 is 10.0 Å². The Morgan fingerprint density at radius 1 is 0.968 bits per heavy atom. The van der Waals surface area contributed by atoms with Gasteiger partial charge < -0.3 is 19.5 Å². The third-order valence-electron chi connectivity index (χ3n) is 4.49. The normalized spacial score (nSPS) is 12.4. The average Bonchev–Trinajstić information content (AvgIpc) is 2.71. The van der Waals surface area contributed by atoms with Gasteiger partial charge in [0.25, 0.3) is 5.91 Å². The van der Waals surface area contributed by atoms with Crippen LogP contribution in [0.3, 0.4) is 0 Å². The fourth-order valence-corrected chi connectivity index (χ4v) is 4.30. The minimum absolute atomic E-state index is 0.151. The number of benzene rings is 2. The Hall–Kier alpha value is -2.78. The van der Waals surface area contributed by atoms with Crippen molar-refractivity contribution in [3.05, 3.63) is 47.5 Å². The van der Waals surface area contributed by atoms with Crippen molar-refractivity contribution in [2.75, 3.05) is 20.8 Å². The van der Waals surface area contributed by atoms with Gasteiger partial charge in [-0.05, 0) is 69.2 Å². The largest absolute Gasteiger partial charge is 0.493 e. The van der Waals surface area contributed by atoms with Crippen molar-refractivity contribution in [1.82, 2.24) is 10.0 Å². The number of ether oxygens (including phenoxy) is 3. The van der Waals surface area contributed by atoms with E-state index in [9.17, 15) is 13.2 Å². The lowest BCUT2D eigenvalue weighted by molar-refractivity contribution is -0.123. The van der Waals surface area contributed by atoms with Gasteiger partial charge in [-0.1, -0.05) is 6.07 Å². The van der Waals surface area contributed by atoms with Crippen molar-refractivity contribution in [3.8, 4) is 17.2 Å². The predicted octanol–water partition coefficient (Wildman–Crippen LogP) is 2.96. The Morgan fingerprint density at radius 2 is 1.61 bits per heavy atom. The van der Waals surface area contributed by atoms with Crippen LogP contribution in [0.25, 0.3) is 0 Å². The van der Waals surface area contributed by atoms with E-state index in [1.165, 1.54) is 12.1 Å². The molecule has 0 spiro atoms. The summed E-state index contributed by atoms with van der Waals surface area (Å²) < 4.78 is 43.2. The number of nitrogens with one attached hydrogen (secondary N) is 2. The van der Waals surface area contributed by atoms with Crippen molar-refractivity contribution in [2.24, 2.45) is 0 Å². The third kappa shape index (κ3) is 6.60. The standard InChI is InChI=1S/C22H30N2O6S/c1-14(2)24-31(26,27)18-8-10-19(15(3)11-18)30-13-22(25)23-16(4)17-7-9-20(28-5)21(12-17)29-6/h7-12,14,16,24H,13H2,1-6H3,(H,23,25). The smallest absolute Gasteiger partial charge is 0.258 e. The van der Waals surface area contributed by atoms with E-state index >= 15 is 0 Å². The lowest BCUT2D eigenvalue weighted by Crippen LogP contribution is -2.31. The lowest BCUT2D eigenvalue weighted by atomic mass is 10.1.